The number of thiophene rings is 1. The Balaban J connectivity index is 1.14. The third kappa shape index (κ3) is 3.94. The number of hydrogen-bond donors (Lipinski definition) is 0. The molecule has 0 fully saturated rings. The molecule has 8 aromatic carbocycles. The first-order chi connectivity index (χ1) is 24.3. The van der Waals surface area contributed by atoms with E-state index < -0.39 is 0 Å². The summed E-state index contributed by atoms with van der Waals surface area (Å²) in [5.74, 6) is 0. The summed E-state index contributed by atoms with van der Waals surface area (Å²) < 4.78 is 7.50. The Morgan fingerprint density at radius 2 is 0.918 bits per heavy atom. The molecule has 0 N–H and O–H groups in total. The molecule has 0 spiro atoms. The van der Waals surface area contributed by atoms with Crippen LogP contribution in [0.5, 0.6) is 0 Å². The number of fused-ring (bicyclic) bond motifs is 10. The lowest BCUT2D eigenvalue weighted by molar-refractivity contribution is 1.18. The molecule has 49 heavy (non-hydrogen) atoms. The Morgan fingerprint density at radius 1 is 0.306 bits per heavy atom. The molecule has 11 aromatic rings. The Morgan fingerprint density at radius 3 is 1.73 bits per heavy atom. The van der Waals surface area contributed by atoms with Crippen LogP contribution in [0.15, 0.2) is 170 Å². The van der Waals surface area contributed by atoms with Crippen LogP contribution < -0.4 is 0 Å². The lowest BCUT2D eigenvalue weighted by atomic mass is 10.0. The lowest BCUT2D eigenvalue weighted by Gasteiger charge is -2.10. The second-order valence-corrected chi connectivity index (χ2v) is 14.1. The first-order valence-electron chi connectivity index (χ1n) is 16.8. The van der Waals surface area contributed by atoms with E-state index >= 15 is 0 Å². The molecule has 3 aromatic heterocycles. The van der Waals surface area contributed by atoms with Gasteiger partial charge in [-0.15, -0.1) is 11.3 Å². The average molecular weight is 641 g/mol. The van der Waals surface area contributed by atoms with Crippen molar-refractivity contribution in [2.24, 2.45) is 0 Å². The molecule has 0 aliphatic rings. The van der Waals surface area contributed by atoms with Gasteiger partial charge in [0.05, 0.1) is 22.1 Å². The third-order valence-electron chi connectivity index (χ3n) is 10.3. The molecule has 0 aliphatic carbocycles. The van der Waals surface area contributed by atoms with Crippen molar-refractivity contribution in [3.63, 3.8) is 0 Å². The van der Waals surface area contributed by atoms with Gasteiger partial charge in [0.2, 0.25) is 0 Å². The normalized spacial score (nSPS) is 12.1. The van der Waals surface area contributed by atoms with Crippen LogP contribution in [0.4, 0.5) is 0 Å². The van der Waals surface area contributed by atoms with Gasteiger partial charge in [0.1, 0.15) is 0 Å². The largest absolute Gasteiger partial charge is 0.309 e. The minimum absolute atomic E-state index is 1.18. The minimum Gasteiger partial charge on any atom is -0.309 e. The van der Waals surface area contributed by atoms with E-state index in [-0.39, 0.29) is 0 Å². The maximum atomic E-state index is 2.43. The molecule has 0 atom stereocenters. The van der Waals surface area contributed by atoms with Crippen LogP contribution in [0.3, 0.4) is 0 Å². The standard InChI is InChI=1S/C46H28N2S/c1-2-12-33(13-3-1)47-43-23-20-32(26-38(43)39-28-46-40(27-44(39)47)36-15-7-9-17-45(36)49-46)31-19-22-42-37(25-31)35-14-6-8-16-41(35)48(42)34-21-18-29-10-4-5-11-30(29)24-34/h1-28H. The summed E-state index contributed by atoms with van der Waals surface area (Å²) in [4.78, 5) is 0. The molecule has 3 heteroatoms. The highest BCUT2D eigenvalue weighted by Gasteiger charge is 2.18. The summed E-state index contributed by atoms with van der Waals surface area (Å²) >= 11 is 1.88. The van der Waals surface area contributed by atoms with Crippen molar-refractivity contribution in [2.75, 3.05) is 0 Å². The Labute approximate surface area is 286 Å². The Kier molecular flexibility index (Phi) is 5.57. The van der Waals surface area contributed by atoms with Crippen LogP contribution in [-0.2, 0) is 0 Å². The van der Waals surface area contributed by atoms with Crippen molar-refractivity contribution in [2.45, 2.75) is 0 Å². The number of nitrogens with zero attached hydrogens (tertiary/aromatic N) is 2. The van der Waals surface area contributed by atoms with E-state index in [1.54, 1.807) is 0 Å². The van der Waals surface area contributed by atoms with Gasteiger partial charge in [0.25, 0.3) is 0 Å². The molecular formula is C46H28N2S. The number of para-hydroxylation sites is 2. The molecule has 2 nitrogen and oxygen atoms in total. The lowest BCUT2D eigenvalue weighted by Crippen LogP contribution is -1.94. The van der Waals surface area contributed by atoms with Crippen molar-refractivity contribution in [3.05, 3.63) is 170 Å². The van der Waals surface area contributed by atoms with E-state index in [2.05, 4.69) is 179 Å². The number of rotatable bonds is 3. The fourth-order valence-electron chi connectivity index (χ4n) is 8.02. The van der Waals surface area contributed by atoms with Gasteiger partial charge >= 0.3 is 0 Å². The van der Waals surface area contributed by atoms with Crippen molar-refractivity contribution in [1.82, 2.24) is 9.13 Å². The van der Waals surface area contributed by atoms with Gasteiger partial charge < -0.3 is 9.13 Å². The summed E-state index contributed by atoms with van der Waals surface area (Å²) in [5, 5.41) is 10.2. The molecule has 0 amide bonds. The van der Waals surface area contributed by atoms with Crippen LogP contribution in [0.25, 0.3) is 97.1 Å². The Bertz CT molecular complexity index is 3100. The number of aromatic nitrogens is 2. The summed E-state index contributed by atoms with van der Waals surface area (Å²) in [7, 11) is 0. The van der Waals surface area contributed by atoms with Gasteiger partial charge in [-0.3, -0.25) is 0 Å². The first kappa shape index (κ1) is 26.9. The fourth-order valence-corrected chi connectivity index (χ4v) is 9.15. The quantitative estimate of drug-likeness (QED) is 0.182. The molecule has 0 bridgehead atoms. The predicted octanol–water partition coefficient (Wildman–Crippen LogP) is 13.1. The van der Waals surface area contributed by atoms with Crippen LogP contribution in [-0.4, -0.2) is 9.13 Å². The van der Waals surface area contributed by atoms with Crippen molar-refractivity contribution in [1.29, 1.82) is 0 Å². The Hall–Kier alpha value is -6.16. The summed E-state index contributed by atoms with van der Waals surface area (Å²) in [6.45, 7) is 0. The highest BCUT2D eigenvalue weighted by Crippen LogP contribution is 2.42. The average Bonchev–Trinajstić information content (AvgIpc) is 3.80. The van der Waals surface area contributed by atoms with Gasteiger partial charge in [-0.2, -0.15) is 0 Å². The number of hydrogen-bond acceptors (Lipinski definition) is 1. The van der Waals surface area contributed by atoms with E-state index in [9.17, 15) is 0 Å². The zero-order valence-electron chi connectivity index (χ0n) is 26.5. The topological polar surface area (TPSA) is 9.86 Å². The monoisotopic (exact) mass is 640 g/mol. The van der Waals surface area contributed by atoms with Crippen LogP contribution in [0.1, 0.15) is 0 Å². The van der Waals surface area contributed by atoms with Gasteiger partial charge in [0.15, 0.2) is 0 Å². The smallest absolute Gasteiger partial charge is 0.0548 e. The molecule has 228 valence electrons. The predicted molar refractivity (Wildman–Crippen MR) is 211 cm³/mol. The van der Waals surface area contributed by atoms with Gasteiger partial charge in [0, 0.05) is 53.1 Å². The first-order valence-corrected chi connectivity index (χ1v) is 17.6. The number of benzene rings is 8. The summed E-state index contributed by atoms with van der Waals surface area (Å²) in [6.07, 6.45) is 0. The van der Waals surface area contributed by atoms with Crippen LogP contribution in [0, 0.1) is 0 Å². The second-order valence-electron chi connectivity index (χ2n) is 13.0. The van der Waals surface area contributed by atoms with E-state index in [4.69, 9.17) is 0 Å². The highest BCUT2D eigenvalue weighted by molar-refractivity contribution is 7.25. The summed E-state index contributed by atoms with van der Waals surface area (Å²) in [5.41, 5.74) is 9.70. The molecule has 11 rings (SSSR count). The molecule has 0 saturated carbocycles. The molecule has 0 radical (unpaired) electrons. The van der Waals surface area contributed by atoms with Crippen molar-refractivity contribution >= 4 is 85.9 Å². The zero-order valence-corrected chi connectivity index (χ0v) is 27.3. The molecule has 0 aliphatic heterocycles. The minimum atomic E-state index is 1.18. The van der Waals surface area contributed by atoms with Crippen LogP contribution in [0.2, 0.25) is 0 Å². The van der Waals surface area contributed by atoms with Crippen LogP contribution >= 0.6 is 11.3 Å². The zero-order chi connectivity index (χ0) is 32.1. The molecular weight excluding hydrogens is 613 g/mol. The van der Waals surface area contributed by atoms with Crippen molar-refractivity contribution in [3.8, 4) is 22.5 Å². The summed E-state index contributed by atoms with van der Waals surface area (Å²) in [6, 6.07) is 62.5. The SMILES string of the molecule is c1ccc(-n2c3ccc(-c4ccc5c(c4)c4ccccc4n5-c4ccc5ccccc5c4)cc3c3cc4sc5ccccc5c4cc32)cc1. The van der Waals surface area contributed by atoms with E-state index in [0.29, 0.717) is 0 Å². The molecule has 0 saturated heterocycles. The molecule has 3 heterocycles. The maximum Gasteiger partial charge on any atom is 0.0548 e. The van der Waals surface area contributed by atoms with Crippen molar-refractivity contribution < 1.29 is 0 Å². The van der Waals surface area contributed by atoms with Gasteiger partial charge in [-0.1, -0.05) is 97.1 Å². The van der Waals surface area contributed by atoms with Gasteiger partial charge in [-0.05, 0) is 94.7 Å². The van der Waals surface area contributed by atoms with E-state index in [1.807, 2.05) is 11.3 Å². The van der Waals surface area contributed by atoms with E-state index in [0.717, 1.165) is 0 Å². The maximum absolute atomic E-state index is 2.43. The fraction of sp³-hybridized carbons (Fsp3) is 0. The molecule has 0 unspecified atom stereocenters. The third-order valence-corrected chi connectivity index (χ3v) is 11.4. The second kappa shape index (κ2) is 10.2. The van der Waals surface area contributed by atoms with E-state index in [1.165, 1.54) is 97.1 Å². The highest BCUT2D eigenvalue weighted by atomic mass is 32.1. The van der Waals surface area contributed by atoms with Gasteiger partial charge in [-0.25, -0.2) is 0 Å².